The van der Waals surface area contributed by atoms with Crippen LogP contribution in [0.1, 0.15) is 6.92 Å². The summed E-state index contributed by atoms with van der Waals surface area (Å²) in [7, 11) is 0. The van der Waals surface area contributed by atoms with Crippen LogP contribution in [0.25, 0.3) is 10.9 Å². The van der Waals surface area contributed by atoms with Crippen molar-refractivity contribution < 1.29 is 9.84 Å². The van der Waals surface area contributed by atoms with Gasteiger partial charge in [-0.1, -0.05) is 18.2 Å². The minimum atomic E-state index is -0.469. The van der Waals surface area contributed by atoms with E-state index in [2.05, 4.69) is 9.97 Å². The molecule has 1 aromatic heterocycles. The lowest BCUT2D eigenvalue weighted by Crippen LogP contribution is -2.17. The monoisotopic (exact) mass is 264 g/mol. The zero-order valence-corrected chi connectivity index (χ0v) is 11.1. The van der Waals surface area contributed by atoms with Crippen LogP contribution in [0, 0.1) is 0 Å². The number of aromatic nitrogens is 2. The van der Waals surface area contributed by atoms with Crippen molar-refractivity contribution in [3.05, 3.63) is 30.6 Å². The second-order valence-electron chi connectivity index (χ2n) is 3.82. The van der Waals surface area contributed by atoms with E-state index in [1.165, 1.54) is 11.8 Å². The molecule has 0 bridgehead atoms. The van der Waals surface area contributed by atoms with Crippen LogP contribution in [0.3, 0.4) is 0 Å². The van der Waals surface area contributed by atoms with Gasteiger partial charge in [-0.05, 0) is 13.0 Å². The Morgan fingerprint density at radius 1 is 1.33 bits per heavy atom. The Kier molecular flexibility index (Phi) is 4.92. The first-order valence-electron chi connectivity index (χ1n) is 5.89. The molecule has 18 heavy (non-hydrogen) atoms. The smallest absolute Gasteiger partial charge is 0.117 e. The molecular weight excluding hydrogens is 248 g/mol. The largest absolute Gasteiger partial charge is 0.390 e. The fourth-order valence-corrected chi connectivity index (χ4v) is 2.47. The second-order valence-corrected chi connectivity index (χ2v) is 4.83. The highest BCUT2D eigenvalue weighted by molar-refractivity contribution is 7.99. The van der Waals surface area contributed by atoms with Gasteiger partial charge in [0.1, 0.15) is 11.4 Å². The van der Waals surface area contributed by atoms with Crippen molar-refractivity contribution in [2.75, 3.05) is 19.0 Å². The number of hydrogen-bond donors (Lipinski definition) is 1. The average molecular weight is 264 g/mol. The number of aliphatic hydroxyl groups is 1. The van der Waals surface area contributed by atoms with E-state index in [0.29, 0.717) is 19.0 Å². The molecule has 0 aliphatic carbocycles. The molecule has 0 fully saturated rings. The number of hydrogen-bond acceptors (Lipinski definition) is 5. The minimum Gasteiger partial charge on any atom is -0.390 e. The minimum absolute atomic E-state index is 0.368. The number of thioether (sulfide) groups is 1. The molecule has 1 unspecified atom stereocenters. The summed E-state index contributed by atoms with van der Waals surface area (Å²) in [5.74, 6) is 0.570. The van der Waals surface area contributed by atoms with Gasteiger partial charge in [0.25, 0.3) is 0 Å². The van der Waals surface area contributed by atoms with E-state index in [-0.39, 0.29) is 0 Å². The first kappa shape index (κ1) is 13.3. The van der Waals surface area contributed by atoms with Gasteiger partial charge in [0.05, 0.1) is 18.2 Å². The molecule has 0 amide bonds. The maximum atomic E-state index is 9.72. The van der Waals surface area contributed by atoms with Gasteiger partial charge in [0, 0.05) is 17.7 Å². The van der Waals surface area contributed by atoms with Gasteiger partial charge in [0.15, 0.2) is 0 Å². The molecule has 4 nitrogen and oxygen atoms in total. The van der Waals surface area contributed by atoms with E-state index < -0.39 is 6.10 Å². The molecule has 0 spiro atoms. The fraction of sp³-hybridized carbons (Fsp3) is 0.385. The SMILES string of the molecule is CCOCC(O)CSc1ncnc2ccccc12. The van der Waals surface area contributed by atoms with Crippen molar-refractivity contribution in [3.63, 3.8) is 0 Å². The molecular formula is C13H16N2O2S. The lowest BCUT2D eigenvalue weighted by molar-refractivity contribution is 0.0551. The Bertz CT molecular complexity index is 502. The van der Waals surface area contributed by atoms with Crippen LogP contribution in [-0.2, 0) is 4.74 Å². The third-order valence-electron chi connectivity index (χ3n) is 2.43. The van der Waals surface area contributed by atoms with Crippen LogP contribution >= 0.6 is 11.8 Å². The highest BCUT2D eigenvalue weighted by Gasteiger charge is 2.08. The Hall–Kier alpha value is -1.17. The van der Waals surface area contributed by atoms with Crippen molar-refractivity contribution in [2.45, 2.75) is 18.1 Å². The topological polar surface area (TPSA) is 55.2 Å². The number of nitrogens with zero attached hydrogens (tertiary/aromatic N) is 2. The molecule has 1 atom stereocenters. The summed E-state index contributed by atoms with van der Waals surface area (Å²) in [5, 5.41) is 11.6. The standard InChI is InChI=1S/C13H16N2O2S/c1-2-17-7-10(16)8-18-13-11-5-3-4-6-12(11)14-9-15-13/h3-6,9-10,16H,2,7-8H2,1H3. The molecule has 0 saturated heterocycles. The van der Waals surface area contributed by atoms with Gasteiger partial charge in [-0.3, -0.25) is 0 Å². The Morgan fingerprint density at radius 3 is 3.00 bits per heavy atom. The Balaban J connectivity index is 2.03. The molecule has 5 heteroatoms. The third kappa shape index (κ3) is 3.41. The maximum Gasteiger partial charge on any atom is 0.117 e. The molecule has 0 aliphatic rings. The Morgan fingerprint density at radius 2 is 2.17 bits per heavy atom. The lowest BCUT2D eigenvalue weighted by Gasteiger charge is -2.10. The molecule has 0 radical (unpaired) electrons. The molecule has 2 rings (SSSR count). The zero-order chi connectivity index (χ0) is 12.8. The highest BCUT2D eigenvalue weighted by atomic mass is 32.2. The van der Waals surface area contributed by atoms with Crippen LogP contribution in [0.5, 0.6) is 0 Å². The van der Waals surface area contributed by atoms with Gasteiger partial charge >= 0.3 is 0 Å². The first-order valence-corrected chi connectivity index (χ1v) is 6.88. The quantitative estimate of drug-likeness (QED) is 0.640. The summed E-state index contributed by atoms with van der Waals surface area (Å²) in [4.78, 5) is 8.47. The van der Waals surface area contributed by atoms with E-state index in [0.717, 1.165) is 15.9 Å². The van der Waals surface area contributed by atoms with Gasteiger partial charge in [-0.25, -0.2) is 9.97 Å². The van der Waals surface area contributed by atoms with Crippen molar-refractivity contribution in [1.29, 1.82) is 0 Å². The summed E-state index contributed by atoms with van der Waals surface area (Å²) in [6, 6.07) is 7.87. The van der Waals surface area contributed by atoms with Gasteiger partial charge in [0.2, 0.25) is 0 Å². The number of para-hydroxylation sites is 1. The van der Waals surface area contributed by atoms with Crippen molar-refractivity contribution in [2.24, 2.45) is 0 Å². The number of ether oxygens (including phenoxy) is 1. The van der Waals surface area contributed by atoms with Crippen LogP contribution < -0.4 is 0 Å². The lowest BCUT2D eigenvalue weighted by atomic mass is 10.2. The molecule has 1 aromatic carbocycles. The normalized spacial score (nSPS) is 12.8. The summed E-state index contributed by atoms with van der Waals surface area (Å²) >= 11 is 1.53. The molecule has 96 valence electrons. The number of fused-ring (bicyclic) bond motifs is 1. The number of benzene rings is 1. The van der Waals surface area contributed by atoms with Crippen LogP contribution in [0.4, 0.5) is 0 Å². The van der Waals surface area contributed by atoms with Crippen molar-refractivity contribution >= 4 is 22.7 Å². The number of rotatable bonds is 6. The first-order chi connectivity index (χ1) is 8.81. The molecule has 2 aromatic rings. The van der Waals surface area contributed by atoms with Crippen LogP contribution in [0.2, 0.25) is 0 Å². The fourth-order valence-electron chi connectivity index (χ4n) is 1.57. The van der Waals surface area contributed by atoms with Crippen LogP contribution in [0.15, 0.2) is 35.6 Å². The van der Waals surface area contributed by atoms with Crippen LogP contribution in [-0.4, -0.2) is 40.1 Å². The Labute approximate surface area is 110 Å². The van der Waals surface area contributed by atoms with Crippen molar-refractivity contribution in [3.8, 4) is 0 Å². The summed E-state index contributed by atoms with van der Waals surface area (Å²) in [6.07, 6.45) is 1.09. The molecule has 1 N–H and O–H groups in total. The molecule has 1 heterocycles. The third-order valence-corrected chi connectivity index (χ3v) is 3.58. The summed E-state index contributed by atoms with van der Waals surface area (Å²) in [6.45, 7) is 2.91. The van der Waals surface area contributed by atoms with E-state index >= 15 is 0 Å². The van der Waals surface area contributed by atoms with E-state index in [1.807, 2.05) is 31.2 Å². The second kappa shape index (κ2) is 6.68. The maximum absolute atomic E-state index is 9.72. The van der Waals surface area contributed by atoms with E-state index in [9.17, 15) is 5.11 Å². The van der Waals surface area contributed by atoms with Gasteiger partial charge in [-0.15, -0.1) is 11.8 Å². The predicted octanol–water partition coefficient (Wildman–Crippen LogP) is 2.12. The predicted molar refractivity (Wildman–Crippen MR) is 72.8 cm³/mol. The zero-order valence-electron chi connectivity index (χ0n) is 10.2. The van der Waals surface area contributed by atoms with E-state index in [4.69, 9.17) is 4.74 Å². The summed E-state index contributed by atoms with van der Waals surface area (Å²) in [5.41, 5.74) is 0.925. The average Bonchev–Trinajstić information content (AvgIpc) is 2.42. The van der Waals surface area contributed by atoms with Gasteiger partial charge < -0.3 is 9.84 Å². The van der Waals surface area contributed by atoms with Gasteiger partial charge in [-0.2, -0.15) is 0 Å². The molecule has 0 saturated carbocycles. The highest BCUT2D eigenvalue weighted by Crippen LogP contribution is 2.24. The number of aliphatic hydroxyl groups excluding tert-OH is 1. The van der Waals surface area contributed by atoms with E-state index in [1.54, 1.807) is 6.33 Å². The molecule has 0 aliphatic heterocycles. The van der Waals surface area contributed by atoms with Crippen molar-refractivity contribution in [1.82, 2.24) is 9.97 Å². The summed E-state index contributed by atoms with van der Waals surface area (Å²) < 4.78 is 5.18.